The van der Waals surface area contributed by atoms with Gasteiger partial charge < -0.3 is 10.2 Å². The summed E-state index contributed by atoms with van der Waals surface area (Å²) in [7, 11) is 0. The number of pyridine rings is 1. The Balaban J connectivity index is 2.08. The van der Waals surface area contributed by atoms with Crippen LogP contribution in [0.1, 0.15) is 60.4 Å². The predicted molar refractivity (Wildman–Crippen MR) is 120 cm³/mol. The highest BCUT2D eigenvalue weighted by Crippen LogP contribution is 2.27. The number of nitrogens with one attached hydrogen (secondary N) is 1. The summed E-state index contributed by atoms with van der Waals surface area (Å²) in [5.74, 6) is -0.591. The Morgan fingerprint density at radius 2 is 2.03 bits per heavy atom. The third-order valence-electron chi connectivity index (χ3n) is 5.18. The van der Waals surface area contributed by atoms with Crippen molar-refractivity contribution in [3.8, 4) is 0 Å². The van der Waals surface area contributed by atoms with Crippen LogP contribution < -0.4 is 5.32 Å². The van der Waals surface area contributed by atoms with Crippen molar-refractivity contribution in [1.82, 2.24) is 24.8 Å². The van der Waals surface area contributed by atoms with Crippen molar-refractivity contribution in [2.45, 2.75) is 52.2 Å². The lowest BCUT2D eigenvalue weighted by atomic mass is 9.97. The maximum atomic E-state index is 13.6. The van der Waals surface area contributed by atoms with Crippen LogP contribution in [-0.4, -0.2) is 36.8 Å². The summed E-state index contributed by atoms with van der Waals surface area (Å²) >= 11 is 1.10. The van der Waals surface area contributed by atoms with E-state index in [-0.39, 0.29) is 24.1 Å². The van der Waals surface area contributed by atoms with Crippen LogP contribution in [0.3, 0.4) is 0 Å². The molecule has 31 heavy (non-hydrogen) atoms. The minimum absolute atomic E-state index is 0.211. The van der Waals surface area contributed by atoms with Crippen LogP contribution in [0.5, 0.6) is 0 Å². The maximum absolute atomic E-state index is 13.6. The van der Waals surface area contributed by atoms with Crippen molar-refractivity contribution >= 4 is 23.3 Å². The first-order valence-electron chi connectivity index (χ1n) is 10.2. The molecule has 0 aliphatic rings. The molecule has 2 amide bonds. The van der Waals surface area contributed by atoms with Crippen LogP contribution in [0.15, 0.2) is 54.2 Å². The Kier molecular flexibility index (Phi) is 7.12. The summed E-state index contributed by atoms with van der Waals surface area (Å²) in [4.78, 5) is 32.8. The van der Waals surface area contributed by atoms with E-state index in [0.717, 1.165) is 34.6 Å². The molecule has 0 unspecified atom stereocenters. The number of nitrogens with zero attached hydrogens (tertiary/aromatic N) is 4. The Bertz CT molecular complexity index is 1020. The van der Waals surface area contributed by atoms with E-state index in [4.69, 9.17) is 0 Å². The molecule has 0 aliphatic carbocycles. The molecule has 162 valence electrons. The number of aryl methyl sites for hydroxylation is 1. The van der Waals surface area contributed by atoms with Crippen LogP contribution >= 0.6 is 11.5 Å². The highest BCUT2D eigenvalue weighted by molar-refractivity contribution is 7.03. The fraction of sp³-hybridized carbons (Fsp3) is 0.348. The first-order chi connectivity index (χ1) is 14.8. The van der Waals surface area contributed by atoms with Gasteiger partial charge in [0.2, 0.25) is 5.91 Å². The number of hydrogen-bond donors (Lipinski definition) is 1. The fourth-order valence-electron chi connectivity index (χ4n) is 3.18. The second-order valence-electron chi connectivity index (χ2n) is 8.13. The molecule has 1 N–H and O–H groups in total. The van der Waals surface area contributed by atoms with Crippen molar-refractivity contribution in [2.75, 3.05) is 0 Å². The second-order valence-corrected chi connectivity index (χ2v) is 8.74. The van der Waals surface area contributed by atoms with Gasteiger partial charge in [-0.05, 0) is 55.9 Å². The van der Waals surface area contributed by atoms with Crippen LogP contribution in [0.4, 0.5) is 0 Å². The number of benzene rings is 1. The van der Waals surface area contributed by atoms with Crippen LogP contribution in [0.2, 0.25) is 0 Å². The molecule has 0 saturated heterocycles. The molecule has 1 atom stereocenters. The first-order valence-corrected chi connectivity index (χ1v) is 11.0. The van der Waals surface area contributed by atoms with Gasteiger partial charge in [-0.3, -0.25) is 14.6 Å². The smallest absolute Gasteiger partial charge is 0.276 e. The lowest BCUT2D eigenvalue weighted by molar-refractivity contribution is -0.127. The molecular weight excluding hydrogens is 410 g/mol. The average Bonchev–Trinajstić information content (AvgIpc) is 3.28. The number of rotatable bonds is 8. The second kappa shape index (κ2) is 9.78. The molecule has 0 aliphatic heterocycles. The summed E-state index contributed by atoms with van der Waals surface area (Å²) in [6.07, 6.45) is 4.13. The van der Waals surface area contributed by atoms with E-state index in [9.17, 15) is 9.59 Å². The van der Waals surface area contributed by atoms with E-state index >= 15 is 0 Å². The van der Waals surface area contributed by atoms with E-state index in [1.54, 1.807) is 22.7 Å². The van der Waals surface area contributed by atoms with Crippen molar-refractivity contribution in [1.29, 1.82) is 0 Å². The minimum Gasteiger partial charge on any atom is -0.349 e. The molecule has 1 aromatic carbocycles. The van der Waals surface area contributed by atoms with Crippen LogP contribution in [-0.2, 0) is 11.3 Å². The van der Waals surface area contributed by atoms with E-state index < -0.39 is 11.6 Å². The van der Waals surface area contributed by atoms with Crippen molar-refractivity contribution in [3.05, 3.63) is 76.6 Å². The fourth-order valence-corrected chi connectivity index (χ4v) is 3.61. The number of carbonyl (C=O) groups excluding carboxylic acids is 2. The SMILES string of the molecule is CCC(C)(C)NC(=O)[C@@H](c1cccc(C)c1)N(Cc1cccnc1)C(=O)c1csnn1. The largest absolute Gasteiger partial charge is 0.349 e. The average molecular weight is 438 g/mol. The molecule has 0 saturated carbocycles. The summed E-state index contributed by atoms with van der Waals surface area (Å²) in [5, 5.41) is 8.66. The maximum Gasteiger partial charge on any atom is 0.276 e. The van der Waals surface area contributed by atoms with Crippen molar-refractivity contribution < 1.29 is 9.59 Å². The third-order valence-corrected chi connectivity index (χ3v) is 5.68. The zero-order valence-corrected chi connectivity index (χ0v) is 19.0. The van der Waals surface area contributed by atoms with E-state index in [2.05, 4.69) is 19.9 Å². The summed E-state index contributed by atoms with van der Waals surface area (Å²) in [6, 6.07) is 10.5. The Hall–Kier alpha value is -3.13. The summed E-state index contributed by atoms with van der Waals surface area (Å²) in [6.45, 7) is 8.13. The lowest BCUT2D eigenvalue weighted by Crippen LogP contribution is -2.50. The quantitative estimate of drug-likeness (QED) is 0.577. The molecule has 0 bridgehead atoms. The molecule has 7 nitrogen and oxygen atoms in total. The molecule has 0 spiro atoms. The minimum atomic E-state index is -0.833. The van der Waals surface area contributed by atoms with E-state index in [0.29, 0.717) is 0 Å². The molecule has 8 heteroatoms. The predicted octanol–water partition coefficient (Wildman–Crippen LogP) is 3.93. The number of aromatic nitrogens is 3. The summed E-state index contributed by atoms with van der Waals surface area (Å²) in [5.41, 5.74) is 2.37. The Morgan fingerprint density at radius 1 is 1.23 bits per heavy atom. The van der Waals surface area contributed by atoms with Gasteiger partial charge in [-0.1, -0.05) is 47.3 Å². The third kappa shape index (κ3) is 5.73. The van der Waals surface area contributed by atoms with Crippen LogP contribution in [0.25, 0.3) is 0 Å². The Morgan fingerprint density at radius 3 is 2.65 bits per heavy atom. The van der Waals surface area contributed by atoms with Gasteiger partial charge in [0.25, 0.3) is 5.91 Å². The van der Waals surface area contributed by atoms with Gasteiger partial charge in [0.15, 0.2) is 5.69 Å². The number of amides is 2. The zero-order valence-electron chi connectivity index (χ0n) is 18.2. The molecule has 2 heterocycles. The van der Waals surface area contributed by atoms with Gasteiger partial charge in [-0.15, -0.1) is 5.10 Å². The highest BCUT2D eigenvalue weighted by Gasteiger charge is 2.35. The molecule has 3 rings (SSSR count). The van der Waals surface area contributed by atoms with E-state index in [1.807, 2.05) is 64.1 Å². The normalized spacial score (nSPS) is 12.3. The topological polar surface area (TPSA) is 88.1 Å². The van der Waals surface area contributed by atoms with Gasteiger partial charge in [0, 0.05) is 29.9 Å². The standard InChI is InChI=1S/C23H27N5O2S/c1-5-23(3,4)25-21(29)20(18-10-6-8-16(2)12-18)28(14-17-9-7-11-24-13-17)22(30)19-15-31-27-26-19/h6-13,15,20H,5,14H2,1-4H3,(H,25,29)/t20-/m1/s1. The van der Waals surface area contributed by atoms with Gasteiger partial charge in [-0.25, -0.2) is 0 Å². The molecule has 2 aromatic heterocycles. The molecule has 0 fully saturated rings. The summed E-state index contributed by atoms with van der Waals surface area (Å²) < 4.78 is 3.83. The highest BCUT2D eigenvalue weighted by atomic mass is 32.1. The molecular formula is C23H27N5O2S. The van der Waals surface area contributed by atoms with E-state index in [1.165, 1.54) is 0 Å². The van der Waals surface area contributed by atoms with Gasteiger partial charge >= 0.3 is 0 Å². The van der Waals surface area contributed by atoms with Crippen LogP contribution in [0, 0.1) is 6.92 Å². The number of hydrogen-bond acceptors (Lipinski definition) is 6. The zero-order chi connectivity index (χ0) is 22.4. The monoisotopic (exact) mass is 437 g/mol. The Labute approximate surface area is 186 Å². The molecule has 3 aromatic rings. The van der Waals surface area contributed by atoms with Gasteiger partial charge in [0.1, 0.15) is 6.04 Å². The number of carbonyl (C=O) groups is 2. The molecule has 0 radical (unpaired) electrons. The van der Waals surface area contributed by atoms with Crippen molar-refractivity contribution in [3.63, 3.8) is 0 Å². The van der Waals surface area contributed by atoms with Gasteiger partial charge in [0.05, 0.1) is 0 Å². The van der Waals surface area contributed by atoms with Gasteiger partial charge in [-0.2, -0.15) is 0 Å². The lowest BCUT2D eigenvalue weighted by Gasteiger charge is -2.34. The van der Waals surface area contributed by atoms with Crippen molar-refractivity contribution in [2.24, 2.45) is 0 Å². The first kappa shape index (κ1) is 22.6.